The predicted molar refractivity (Wildman–Crippen MR) is 88.3 cm³/mol. The lowest BCUT2D eigenvalue weighted by Gasteiger charge is -2.40. The first-order valence-electron chi connectivity index (χ1n) is 7.50. The van der Waals surface area contributed by atoms with Gasteiger partial charge in [0.2, 0.25) is 0 Å². The van der Waals surface area contributed by atoms with Gasteiger partial charge in [-0.05, 0) is 38.4 Å². The maximum atomic E-state index is 10.7. The SMILES string of the molecule is CN(CCc1ccccc1)C(C)(C)C(O)c1ccccc1. The smallest absolute Gasteiger partial charge is 0.0968 e. The van der Waals surface area contributed by atoms with Crippen molar-refractivity contribution >= 4 is 0 Å². The van der Waals surface area contributed by atoms with Crippen LogP contribution in [-0.4, -0.2) is 29.1 Å². The molecule has 0 saturated carbocycles. The molecule has 0 bridgehead atoms. The van der Waals surface area contributed by atoms with Gasteiger partial charge in [0.25, 0.3) is 0 Å². The van der Waals surface area contributed by atoms with Crippen molar-refractivity contribution in [3.05, 3.63) is 71.8 Å². The summed E-state index contributed by atoms with van der Waals surface area (Å²) in [6, 6.07) is 20.4. The van der Waals surface area contributed by atoms with Crippen LogP contribution in [0.15, 0.2) is 60.7 Å². The molecule has 1 N–H and O–H groups in total. The molecule has 0 aliphatic carbocycles. The second-order valence-corrected chi connectivity index (χ2v) is 6.12. The van der Waals surface area contributed by atoms with E-state index in [1.807, 2.05) is 36.4 Å². The molecule has 0 aliphatic heterocycles. The predicted octanol–water partition coefficient (Wildman–Crippen LogP) is 3.67. The number of aliphatic hydroxyl groups excluding tert-OH is 1. The van der Waals surface area contributed by atoms with Gasteiger partial charge < -0.3 is 5.11 Å². The van der Waals surface area contributed by atoms with E-state index in [1.165, 1.54) is 5.56 Å². The topological polar surface area (TPSA) is 23.5 Å². The van der Waals surface area contributed by atoms with Crippen LogP contribution in [0.3, 0.4) is 0 Å². The van der Waals surface area contributed by atoms with Gasteiger partial charge in [0.05, 0.1) is 6.10 Å². The van der Waals surface area contributed by atoms with E-state index in [4.69, 9.17) is 0 Å². The maximum absolute atomic E-state index is 10.7. The lowest BCUT2D eigenvalue weighted by Crippen LogP contribution is -2.47. The molecular formula is C19H25NO. The Hall–Kier alpha value is -1.64. The number of rotatable bonds is 6. The molecule has 1 unspecified atom stereocenters. The molecule has 0 amide bonds. The van der Waals surface area contributed by atoms with Crippen LogP contribution in [0.2, 0.25) is 0 Å². The Kier molecular flexibility index (Phi) is 5.16. The second kappa shape index (κ2) is 6.88. The van der Waals surface area contributed by atoms with Crippen LogP contribution in [0.1, 0.15) is 31.1 Å². The average Bonchev–Trinajstić information content (AvgIpc) is 2.53. The molecule has 0 aromatic heterocycles. The van der Waals surface area contributed by atoms with Gasteiger partial charge in [0, 0.05) is 12.1 Å². The van der Waals surface area contributed by atoms with E-state index in [-0.39, 0.29) is 5.54 Å². The molecule has 2 nitrogen and oxygen atoms in total. The Morgan fingerprint density at radius 3 is 2.05 bits per heavy atom. The first-order valence-corrected chi connectivity index (χ1v) is 7.50. The van der Waals surface area contributed by atoms with Crippen molar-refractivity contribution in [2.45, 2.75) is 31.9 Å². The third kappa shape index (κ3) is 3.93. The monoisotopic (exact) mass is 283 g/mol. The zero-order valence-corrected chi connectivity index (χ0v) is 13.2. The summed E-state index contributed by atoms with van der Waals surface area (Å²) in [5.41, 5.74) is 1.99. The van der Waals surface area contributed by atoms with Crippen LogP contribution < -0.4 is 0 Å². The van der Waals surface area contributed by atoms with Crippen molar-refractivity contribution in [2.75, 3.05) is 13.6 Å². The Morgan fingerprint density at radius 2 is 1.48 bits per heavy atom. The van der Waals surface area contributed by atoms with Crippen LogP contribution in [0.5, 0.6) is 0 Å². The van der Waals surface area contributed by atoms with E-state index in [1.54, 1.807) is 0 Å². The van der Waals surface area contributed by atoms with E-state index < -0.39 is 6.10 Å². The molecule has 21 heavy (non-hydrogen) atoms. The molecule has 112 valence electrons. The number of likely N-dealkylation sites (N-methyl/N-ethyl adjacent to an activating group) is 1. The largest absolute Gasteiger partial charge is 0.386 e. The summed E-state index contributed by atoms with van der Waals surface area (Å²) in [5, 5.41) is 10.7. The molecule has 0 spiro atoms. The molecule has 2 aromatic carbocycles. The Labute approximate surface area is 128 Å². The van der Waals surface area contributed by atoms with Gasteiger partial charge >= 0.3 is 0 Å². The second-order valence-electron chi connectivity index (χ2n) is 6.12. The minimum absolute atomic E-state index is 0.309. The lowest BCUT2D eigenvalue weighted by atomic mass is 9.89. The van der Waals surface area contributed by atoms with Crippen molar-refractivity contribution in [2.24, 2.45) is 0 Å². The molecular weight excluding hydrogens is 258 g/mol. The molecule has 0 fully saturated rings. The minimum atomic E-state index is -0.500. The fraction of sp³-hybridized carbons (Fsp3) is 0.368. The fourth-order valence-electron chi connectivity index (χ4n) is 2.48. The zero-order chi connectivity index (χ0) is 15.3. The molecule has 0 heterocycles. The van der Waals surface area contributed by atoms with Crippen LogP contribution in [0.25, 0.3) is 0 Å². The van der Waals surface area contributed by atoms with Crippen molar-refractivity contribution < 1.29 is 5.11 Å². The molecule has 0 radical (unpaired) electrons. The van der Waals surface area contributed by atoms with Gasteiger partial charge in [-0.3, -0.25) is 4.90 Å². The standard InChI is InChI=1S/C19H25NO/c1-19(2,18(21)17-12-8-5-9-13-17)20(3)15-14-16-10-6-4-7-11-16/h4-13,18,21H,14-15H2,1-3H3. The van der Waals surface area contributed by atoms with E-state index in [0.29, 0.717) is 0 Å². The normalized spacial score (nSPS) is 13.4. The summed E-state index contributed by atoms with van der Waals surface area (Å²) in [7, 11) is 2.08. The number of aliphatic hydroxyl groups is 1. The van der Waals surface area contributed by atoms with Gasteiger partial charge in [0.1, 0.15) is 0 Å². The first-order chi connectivity index (χ1) is 10.0. The van der Waals surface area contributed by atoms with Gasteiger partial charge in [-0.15, -0.1) is 0 Å². The summed E-state index contributed by atoms with van der Waals surface area (Å²) in [5.74, 6) is 0. The molecule has 0 saturated heterocycles. The van der Waals surface area contributed by atoms with Gasteiger partial charge in [-0.1, -0.05) is 60.7 Å². The van der Waals surface area contributed by atoms with E-state index >= 15 is 0 Å². The lowest BCUT2D eigenvalue weighted by molar-refractivity contribution is 0.00334. The van der Waals surface area contributed by atoms with E-state index in [2.05, 4.69) is 50.1 Å². The summed E-state index contributed by atoms with van der Waals surface area (Å²) in [4.78, 5) is 2.23. The molecule has 0 aliphatic rings. The van der Waals surface area contributed by atoms with Gasteiger partial charge in [0.15, 0.2) is 0 Å². The highest BCUT2D eigenvalue weighted by atomic mass is 16.3. The van der Waals surface area contributed by atoms with Crippen molar-refractivity contribution in [1.29, 1.82) is 0 Å². The molecule has 2 heteroatoms. The highest BCUT2D eigenvalue weighted by Crippen LogP contribution is 2.30. The van der Waals surface area contributed by atoms with Crippen LogP contribution in [0, 0.1) is 0 Å². The van der Waals surface area contributed by atoms with Crippen LogP contribution >= 0.6 is 0 Å². The van der Waals surface area contributed by atoms with Gasteiger partial charge in [-0.25, -0.2) is 0 Å². The molecule has 1 atom stereocenters. The summed E-state index contributed by atoms with van der Waals surface area (Å²) in [6.45, 7) is 5.10. The molecule has 2 rings (SSSR count). The number of hydrogen-bond acceptors (Lipinski definition) is 2. The quantitative estimate of drug-likeness (QED) is 0.874. The average molecular weight is 283 g/mol. The van der Waals surface area contributed by atoms with Gasteiger partial charge in [-0.2, -0.15) is 0 Å². The highest BCUT2D eigenvalue weighted by molar-refractivity contribution is 5.21. The number of hydrogen-bond donors (Lipinski definition) is 1. The summed E-state index contributed by atoms with van der Waals surface area (Å²) in [6.07, 6.45) is 0.488. The zero-order valence-electron chi connectivity index (χ0n) is 13.2. The van der Waals surface area contributed by atoms with Crippen molar-refractivity contribution in [3.8, 4) is 0 Å². The Balaban J connectivity index is 2.01. The van der Waals surface area contributed by atoms with Crippen LogP contribution in [-0.2, 0) is 6.42 Å². The Morgan fingerprint density at radius 1 is 0.952 bits per heavy atom. The highest BCUT2D eigenvalue weighted by Gasteiger charge is 2.32. The Bertz CT molecular complexity index is 536. The van der Waals surface area contributed by atoms with E-state index in [0.717, 1.165) is 18.5 Å². The van der Waals surface area contributed by atoms with E-state index in [9.17, 15) is 5.11 Å². The first kappa shape index (κ1) is 15.7. The third-order valence-corrected chi connectivity index (χ3v) is 4.35. The number of nitrogens with zero attached hydrogens (tertiary/aromatic N) is 1. The third-order valence-electron chi connectivity index (χ3n) is 4.35. The van der Waals surface area contributed by atoms with Crippen molar-refractivity contribution in [1.82, 2.24) is 4.90 Å². The molecule has 2 aromatic rings. The summed E-state index contributed by atoms with van der Waals surface area (Å²) >= 11 is 0. The minimum Gasteiger partial charge on any atom is -0.386 e. The summed E-state index contributed by atoms with van der Waals surface area (Å²) < 4.78 is 0. The number of benzene rings is 2. The fourth-order valence-corrected chi connectivity index (χ4v) is 2.48. The van der Waals surface area contributed by atoms with Crippen LogP contribution in [0.4, 0.5) is 0 Å². The maximum Gasteiger partial charge on any atom is 0.0968 e. The van der Waals surface area contributed by atoms with Crippen molar-refractivity contribution in [3.63, 3.8) is 0 Å².